The summed E-state index contributed by atoms with van der Waals surface area (Å²) in [6.07, 6.45) is 6.80. The molecule has 0 aromatic carbocycles. The molecule has 0 aliphatic heterocycles. The van der Waals surface area contributed by atoms with Crippen molar-refractivity contribution in [2.75, 3.05) is 56.7 Å². The zero-order chi connectivity index (χ0) is 16.2. The van der Waals surface area contributed by atoms with E-state index in [0.717, 1.165) is 19.7 Å². The molecule has 0 unspecified atom stereocenters. The highest BCUT2D eigenvalue weighted by atomic mass is 16.5. The summed E-state index contributed by atoms with van der Waals surface area (Å²) < 4.78 is 5.62. The van der Waals surface area contributed by atoms with Gasteiger partial charge in [0.15, 0.2) is 0 Å². The maximum Gasteiger partial charge on any atom is 0.149 e. The van der Waals surface area contributed by atoms with Crippen molar-refractivity contribution in [3.63, 3.8) is 0 Å². The van der Waals surface area contributed by atoms with Crippen LogP contribution in [0.2, 0.25) is 0 Å². The predicted octanol–water partition coefficient (Wildman–Crippen LogP) is 2.19. The summed E-state index contributed by atoms with van der Waals surface area (Å²) in [6, 6.07) is 1.70. The fourth-order valence-corrected chi connectivity index (χ4v) is 2.13. The van der Waals surface area contributed by atoms with Crippen molar-refractivity contribution in [2.24, 2.45) is 0 Å². The molecule has 0 radical (unpaired) electrons. The number of nitrogens with zero attached hydrogens (tertiary/aromatic N) is 2. The van der Waals surface area contributed by atoms with E-state index in [1.807, 2.05) is 0 Å². The first-order valence-corrected chi connectivity index (χ1v) is 8.14. The minimum Gasteiger partial charge on any atom is -0.397 e. The van der Waals surface area contributed by atoms with Gasteiger partial charge in [0.05, 0.1) is 30.8 Å². The van der Waals surface area contributed by atoms with Gasteiger partial charge >= 0.3 is 0 Å². The Morgan fingerprint density at radius 3 is 2.73 bits per heavy atom. The molecule has 0 atom stereocenters. The van der Waals surface area contributed by atoms with Crippen molar-refractivity contribution in [1.29, 1.82) is 0 Å². The van der Waals surface area contributed by atoms with E-state index in [1.165, 1.54) is 25.7 Å². The molecular weight excluding hydrogens is 278 g/mol. The number of hydrogen-bond donors (Lipinski definition) is 3. The summed E-state index contributed by atoms with van der Waals surface area (Å²) >= 11 is 0. The third kappa shape index (κ3) is 8.05. The van der Waals surface area contributed by atoms with Gasteiger partial charge in [0.25, 0.3) is 0 Å². The van der Waals surface area contributed by atoms with Gasteiger partial charge in [0, 0.05) is 13.1 Å². The lowest BCUT2D eigenvalue weighted by Gasteiger charge is -2.16. The van der Waals surface area contributed by atoms with E-state index in [9.17, 15) is 0 Å². The van der Waals surface area contributed by atoms with Gasteiger partial charge in [-0.1, -0.05) is 26.2 Å². The van der Waals surface area contributed by atoms with Gasteiger partial charge in [-0.05, 0) is 26.1 Å². The molecule has 0 saturated heterocycles. The van der Waals surface area contributed by atoms with Crippen molar-refractivity contribution in [2.45, 2.75) is 32.6 Å². The Bertz CT molecular complexity index is 414. The topological polar surface area (TPSA) is 89.4 Å². The average Bonchev–Trinajstić information content (AvgIpc) is 2.49. The van der Waals surface area contributed by atoms with Crippen LogP contribution in [0.15, 0.2) is 12.3 Å². The highest BCUT2D eigenvalue weighted by Gasteiger charge is 2.01. The molecule has 0 amide bonds. The minimum atomic E-state index is 0.562. The molecule has 0 spiro atoms. The lowest BCUT2D eigenvalue weighted by Crippen LogP contribution is -2.25. The van der Waals surface area contributed by atoms with E-state index >= 15 is 0 Å². The van der Waals surface area contributed by atoms with Crippen molar-refractivity contribution < 1.29 is 4.74 Å². The van der Waals surface area contributed by atoms with Crippen LogP contribution in [0, 0.1) is 0 Å². The van der Waals surface area contributed by atoms with Gasteiger partial charge in [-0.2, -0.15) is 0 Å². The molecule has 1 aromatic heterocycles. The molecule has 6 nitrogen and oxygen atoms in total. The number of anilines is 3. The monoisotopic (exact) mass is 309 g/mol. The van der Waals surface area contributed by atoms with E-state index in [1.54, 1.807) is 12.3 Å². The average molecular weight is 309 g/mol. The number of likely N-dealkylation sites (N-methyl/N-ethyl adjacent to an activating group) is 1. The van der Waals surface area contributed by atoms with Crippen LogP contribution in [0.3, 0.4) is 0 Å². The van der Waals surface area contributed by atoms with Crippen LogP contribution < -0.4 is 16.8 Å². The number of hydrogen-bond acceptors (Lipinski definition) is 6. The summed E-state index contributed by atoms with van der Waals surface area (Å²) in [7, 11) is 2.15. The Morgan fingerprint density at radius 2 is 2.00 bits per heavy atom. The molecule has 6 heteroatoms. The van der Waals surface area contributed by atoms with Gasteiger partial charge < -0.3 is 26.4 Å². The number of aromatic nitrogens is 1. The van der Waals surface area contributed by atoms with Crippen LogP contribution in [0.1, 0.15) is 32.6 Å². The normalized spacial score (nSPS) is 11.0. The molecule has 0 saturated carbocycles. The van der Waals surface area contributed by atoms with Crippen LogP contribution in [0.25, 0.3) is 0 Å². The van der Waals surface area contributed by atoms with Gasteiger partial charge in [0.2, 0.25) is 0 Å². The second-order valence-electron chi connectivity index (χ2n) is 5.61. The number of nitrogens with two attached hydrogens (primary N) is 2. The first kappa shape index (κ1) is 18.5. The molecule has 0 aliphatic carbocycles. The molecule has 1 aromatic rings. The third-order valence-corrected chi connectivity index (χ3v) is 3.49. The van der Waals surface area contributed by atoms with Crippen LogP contribution in [0.4, 0.5) is 17.2 Å². The van der Waals surface area contributed by atoms with E-state index in [-0.39, 0.29) is 0 Å². The SMILES string of the molecule is CCCCCCN(C)CCOCCNc1ncc(N)cc1N. The van der Waals surface area contributed by atoms with Crippen LogP contribution in [0.5, 0.6) is 0 Å². The van der Waals surface area contributed by atoms with E-state index < -0.39 is 0 Å². The molecule has 0 bridgehead atoms. The zero-order valence-electron chi connectivity index (χ0n) is 14.0. The fourth-order valence-electron chi connectivity index (χ4n) is 2.13. The van der Waals surface area contributed by atoms with Gasteiger partial charge in [-0.25, -0.2) is 4.98 Å². The van der Waals surface area contributed by atoms with Crippen molar-refractivity contribution >= 4 is 17.2 Å². The van der Waals surface area contributed by atoms with E-state index in [2.05, 4.69) is 29.2 Å². The standard InChI is InChI=1S/C16H31N5O/c1-3-4-5-6-8-21(2)9-11-22-10-7-19-16-15(18)12-14(17)13-20-16/h12-13H,3-11,17-18H2,1-2H3,(H,19,20). The second-order valence-corrected chi connectivity index (χ2v) is 5.61. The Kier molecular flexibility index (Phi) is 9.34. The smallest absolute Gasteiger partial charge is 0.149 e. The molecule has 0 fully saturated rings. The largest absolute Gasteiger partial charge is 0.397 e. The van der Waals surface area contributed by atoms with E-state index in [0.29, 0.717) is 30.3 Å². The molecule has 126 valence electrons. The molecule has 1 rings (SSSR count). The third-order valence-electron chi connectivity index (χ3n) is 3.49. The maximum absolute atomic E-state index is 5.82. The highest BCUT2D eigenvalue weighted by Crippen LogP contribution is 2.16. The number of nitrogen functional groups attached to an aromatic ring is 2. The van der Waals surface area contributed by atoms with Gasteiger partial charge in [-0.3, -0.25) is 0 Å². The van der Waals surface area contributed by atoms with Crippen LogP contribution >= 0.6 is 0 Å². The van der Waals surface area contributed by atoms with Crippen molar-refractivity contribution in [3.8, 4) is 0 Å². The van der Waals surface area contributed by atoms with Crippen molar-refractivity contribution in [1.82, 2.24) is 9.88 Å². The molecule has 0 aliphatic rings. The van der Waals surface area contributed by atoms with Crippen LogP contribution in [-0.4, -0.2) is 49.8 Å². The molecule has 1 heterocycles. The molecular formula is C16H31N5O. The number of unbranched alkanes of at least 4 members (excludes halogenated alkanes) is 3. The van der Waals surface area contributed by atoms with E-state index in [4.69, 9.17) is 16.2 Å². The molecule has 5 N–H and O–H groups in total. The summed E-state index contributed by atoms with van der Waals surface area (Å²) in [5.41, 5.74) is 12.6. The van der Waals surface area contributed by atoms with Crippen LogP contribution in [-0.2, 0) is 4.74 Å². The fraction of sp³-hybridized carbons (Fsp3) is 0.688. The number of nitrogens with one attached hydrogen (secondary N) is 1. The second kappa shape index (κ2) is 11.1. The highest BCUT2D eigenvalue weighted by molar-refractivity contribution is 5.65. The summed E-state index contributed by atoms with van der Waals surface area (Å²) in [6.45, 7) is 6.41. The van der Waals surface area contributed by atoms with Gasteiger partial charge in [0.1, 0.15) is 5.82 Å². The Morgan fingerprint density at radius 1 is 1.18 bits per heavy atom. The van der Waals surface area contributed by atoms with Crippen molar-refractivity contribution in [3.05, 3.63) is 12.3 Å². The summed E-state index contributed by atoms with van der Waals surface area (Å²) in [4.78, 5) is 6.47. The van der Waals surface area contributed by atoms with Gasteiger partial charge in [-0.15, -0.1) is 0 Å². The maximum atomic E-state index is 5.82. The Balaban J connectivity index is 2.01. The Labute approximate surface area is 134 Å². The summed E-state index contributed by atoms with van der Waals surface area (Å²) in [5.74, 6) is 0.658. The first-order chi connectivity index (χ1) is 10.6. The minimum absolute atomic E-state index is 0.562. The predicted molar refractivity (Wildman–Crippen MR) is 94.0 cm³/mol. The quantitative estimate of drug-likeness (QED) is 0.513. The Hall–Kier alpha value is -1.53. The number of ether oxygens (including phenoxy) is 1. The number of rotatable bonds is 12. The zero-order valence-corrected chi connectivity index (χ0v) is 14.0. The summed E-state index contributed by atoms with van der Waals surface area (Å²) in [5, 5.41) is 3.15. The lowest BCUT2D eigenvalue weighted by molar-refractivity contribution is 0.119. The lowest BCUT2D eigenvalue weighted by atomic mass is 10.2. The number of pyridine rings is 1. The first-order valence-electron chi connectivity index (χ1n) is 8.14. The molecule has 22 heavy (non-hydrogen) atoms.